The van der Waals surface area contributed by atoms with Crippen LogP contribution in [0, 0.1) is 13.8 Å². The third kappa shape index (κ3) is 2.88. The van der Waals surface area contributed by atoms with Gasteiger partial charge in [0.25, 0.3) is 5.91 Å². The number of nitrogens with one attached hydrogen (secondary N) is 1. The summed E-state index contributed by atoms with van der Waals surface area (Å²) in [5.41, 5.74) is 8.05. The number of anilines is 1. The lowest BCUT2D eigenvalue weighted by atomic mass is 10.1. The first-order valence-corrected chi connectivity index (χ1v) is 6.30. The van der Waals surface area contributed by atoms with Crippen molar-refractivity contribution in [2.75, 3.05) is 5.32 Å². The van der Waals surface area contributed by atoms with Crippen LogP contribution in [0.1, 0.15) is 21.7 Å². The number of amides is 2. The van der Waals surface area contributed by atoms with Crippen molar-refractivity contribution in [2.45, 2.75) is 20.4 Å². The molecule has 2 amide bonds. The Balaban J connectivity index is 2.15. The van der Waals surface area contributed by atoms with Crippen molar-refractivity contribution in [3.63, 3.8) is 0 Å². The fourth-order valence-corrected chi connectivity index (χ4v) is 2.09. The molecule has 0 bridgehead atoms. The highest BCUT2D eigenvalue weighted by atomic mass is 16.2. The molecule has 0 atom stereocenters. The number of nitrogens with two attached hydrogens (primary N) is 1. The highest BCUT2D eigenvalue weighted by Crippen LogP contribution is 2.15. The fourth-order valence-electron chi connectivity index (χ4n) is 2.09. The third-order valence-electron chi connectivity index (χ3n) is 3.19. The third-order valence-corrected chi connectivity index (χ3v) is 3.19. The van der Waals surface area contributed by atoms with Gasteiger partial charge in [0.1, 0.15) is 6.54 Å². The predicted molar refractivity (Wildman–Crippen MR) is 77.5 cm³/mol. The molecule has 0 fully saturated rings. The Bertz CT molecular complexity index is 639. The number of hydrogen-bond acceptors (Lipinski definition) is 2. The van der Waals surface area contributed by atoms with E-state index in [1.54, 1.807) is 24.3 Å². The molecule has 0 unspecified atom stereocenters. The van der Waals surface area contributed by atoms with Crippen LogP contribution in [0.5, 0.6) is 0 Å². The van der Waals surface area contributed by atoms with E-state index in [1.165, 1.54) is 0 Å². The molecule has 0 saturated heterocycles. The molecule has 0 aliphatic rings. The Kier molecular flexibility index (Phi) is 3.89. The van der Waals surface area contributed by atoms with E-state index < -0.39 is 5.91 Å². The van der Waals surface area contributed by atoms with Crippen LogP contribution in [-0.4, -0.2) is 16.4 Å². The normalized spacial score (nSPS) is 10.3. The highest BCUT2D eigenvalue weighted by Gasteiger charge is 2.11. The van der Waals surface area contributed by atoms with Crippen LogP contribution in [0.2, 0.25) is 0 Å². The molecule has 1 aromatic carbocycles. The summed E-state index contributed by atoms with van der Waals surface area (Å²) in [5, 5.41) is 2.72. The van der Waals surface area contributed by atoms with E-state index in [-0.39, 0.29) is 12.5 Å². The first-order chi connectivity index (χ1) is 9.49. The number of carbonyl (C=O) groups excluding carboxylic acids is 2. The van der Waals surface area contributed by atoms with Gasteiger partial charge >= 0.3 is 0 Å². The summed E-state index contributed by atoms with van der Waals surface area (Å²) >= 11 is 0. The molecule has 2 rings (SSSR count). The molecule has 0 radical (unpaired) electrons. The molecular weight excluding hydrogens is 254 g/mol. The first-order valence-electron chi connectivity index (χ1n) is 6.30. The molecule has 0 aliphatic carbocycles. The second kappa shape index (κ2) is 5.61. The molecular formula is C15H17N3O2. The minimum atomic E-state index is -0.561. The predicted octanol–water partition coefficient (Wildman–Crippen LogP) is 1.84. The van der Waals surface area contributed by atoms with E-state index in [0.717, 1.165) is 11.4 Å². The zero-order valence-electron chi connectivity index (χ0n) is 11.5. The smallest absolute Gasteiger partial charge is 0.250 e. The van der Waals surface area contributed by atoms with Crippen molar-refractivity contribution in [3.8, 4) is 0 Å². The van der Waals surface area contributed by atoms with Gasteiger partial charge < -0.3 is 15.6 Å². The summed E-state index contributed by atoms with van der Waals surface area (Å²) in [6, 6.07) is 10.6. The van der Waals surface area contributed by atoms with Crippen molar-refractivity contribution < 1.29 is 9.59 Å². The number of rotatable bonds is 4. The van der Waals surface area contributed by atoms with Crippen LogP contribution in [0.15, 0.2) is 36.4 Å². The number of primary amides is 1. The molecule has 3 N–H and O–H groups in total. The van der Waals surface area contributed by atoms with E-state index in [1.807, 2.05) is 30.5 Å². The van der Waals surface area contributed by atoms with Gasteiger partial charge in [0.05, 0.1) is 11.3 Å². The van der Waals surface area contributed by atoms with Crippen molar-refractivity contribution >= 4 is 17.5 Å². The van der Waals surface area contributed by atoms with Gasteiger partial charge in [-0.15, -0.1) is 0 Å². The maximum Gasteiger partial charge on any atom is 0.250 e. The fraction of sp³-hybridized carbons (Fsp3) is 0.200. The molecule has 0 aliphatic heterocycles. The van der Waals surface area contributed by atoms with E-state index in [2.05, 4.69) is 5.32 Å². The lowest BCUT2D eigenvalue weighted by Gasteiger charge is -2.11. The SMILES string of the molecule is Cc1ccc(C)n1CC(=O)Nc1ccccc1C(N)=O. The molecule has 5 heteroatoms. The number of aromatic nitrogens is 1. The standard InChI is InChI=1S/C15H17N3O2/c1-10-7-8-11(2)18(10)9-14(19)17-13-6-4-3-5-12(13)15(16)20/h3-8H,9H2,1-2H3,(H2,16,20)(H,17,19). The Labute approximate surface area is 117 Å². The molecule has 1 aromatic heterocycles. The van der Waals surface area contributed by atoms with Gasteiger partial charge in [0.15, 0.2) is 0 Å². The molecule has 2 aromatic rings. The average Bonchev–Trinajstić information content (AvgIpc) is 2.71. The minimum Gasteiger partial charge on any atom is -0.366 e. The van der Waals surface area contributed by atoms with E-state index in [9.17, 15) is 9.59 Å². The van der Waals surface area contributed by atoms with Gasteiger partial charge in [-0.3, -0.25) is 9.59 Å². The zero-order chi connectivity index (χ0) is 14.7. The van der Waals surface area contributed by atoms with Gasteiger partial charge in [0.2, 0.25) is 5.91 Å². The largest absolute Gasteiger partial charge is 0.366 e. The lowest BCUT2D eigenvalue weighted by Crippen LogP contribution is -2.22. The van der Waals surface area contributed by atoms with E-state index >= 15 is 0 Å². The van der Waals surface area contributed by atoms with Crippen LogP contribution in [0.25, 0.3) is 0 Å². The molecule has 104 valence electrons. The number of para-hydroxylation sites is 1. The van der Waals surface area contributed by atoms with Crippen molar-refractivity contribution in [1.82, 2.24) is 4.57 Å². The minimum absolute atomic E-state index is 0.193. The average molecular weight is 271 g/mol. The van der Waals surface area contributed by atoms with Crippen LogP contribution in [0.4, 0.5) is 5.69 Å². The van der Waals surface area contributed by atoms with Crippen LogP contribution in [0.3, 0.4) is 0 Å². The summed E-state index contributed by atoms with van der Waals surface area (Å²) in [6.07, 6.45) is 0. The van der Waals surface area contributed by atoms with Gasteiger partial charge in [-0.25, -0.2) is 0 Å². The summed E-state index contributed by atoms with van der Waals surface area (Å²) < 4.78 is 1.90. The zero-order valence-corrected chi connectivity index (χ0v) is 11.5. The van der Waals surface area contributed by atoms with Crippen LogP contribution >= 0.6 is 0 Å². The van der Waals surface area contributed by atoms with Gasteiger partial charge in [0, 0.05) is 11.4 Å². The summed E-state index contributed by atoms with van der Waals surface area (Å²) in [7, 11) is 0. The van der Waals surface area contributed by atoms with Crippen molar-refractivity contribution in [1.29, 1.82) is 0 Å². The maximum absolute atomic E-state index is 12.1. The number of benzene rings is 1. The topological polar surface area (TPSA) is 77.1 Å². The lowest BCUT2D eigenvalue weighted by molar-refractivity contribution is -0.116. The Morgan fingerprint density at radius 3 is 2.30 bits per heavy atom. The van der Waals surface area contributed by atoms with Gasteiger partial charge in [-0.2, -0.15) is 0 Å². The Hall–Kier alpha value is -2.56. The van der Waals surface area contributed by atoms with E-state index in [0.29, 0.717) is 11.3 Å². The number of nitrogens with zero attached hydrogens (tertiary/aromatic N) is 1. The number of hydrogen-bond donors (Lipinski definition) is 2. The molecule has 0 spiro atoms. The molecule has 5 nitrogen and oxygen atoms in total. The highest BCUT2D eigenvalue weighted by molar-refractivity contribution is 6.02. The monoisotopic (exact) mass is 271 g/mol. The summed E-state index contributed by atoms with van der Waals surface area (Å²) in [5.74, 6) is -0.754. The summed E-state index contributed by atoms with van der Waals surface area (Å²) in [4.78, 5) is 23.4. The van der Waals surface area contributed by atoms with Crippen LogP contribution in [-0.2, 0) is 11.3 Å². The van der Waals surface area contributed by atoms with E-state index in [4.69, 9.17) is 5.73 Å². The maximum atomic E-state index is 12.1. The van der Waals surface area contributed by atoms with Crippen molar-refractivity contribution in [3.05, 3.63) is 53.3 Å². The second-order valence-electron chi connectivity index (χ2n) is 4.66. The molecule has 1 heterocycles. The molecule has 20 heavy (non-hydrogen) atoms. The quantitative estimate of drug-likeness (QED) is 0.890. The van der Waals surface area contributed by atoms with Crippen molar-refractivity contribution in [2.24, 2.45) is 5.73 Å². The first kappa shape index (κ1) is 13.9. The molecule has 0 saturated carbocycles. The van der Waals surface area contributed by atoms with Gasteiger partial charge in [-0.1, -0.05) is 12.1 Å². The number of aryl methyl sites for hydroxylation is 2. The Morgan fingerprint density at radius 2 is 1.70 bits per heavy atom. The Morgan fingerprint density at radius 1 is 1.10 bits per heavy atom. The number of carbonyl (C=O) groups is 2. The second-order valence-corrected chi connectivity index (χ2v) is 4.66. The summed E-state index contributed by atoms with van der Waals surface area (Å²) in [6.45, 7) is 4.09. The van der Waals surface area contributed by atoms with Crippen LogP contribution < -0.4 is 11.1 Å². The van der Waals surface area contributed by atoms with Gasteiger partial charge in [-0.05, 0) is 38.1 Å².